The highest BCUT2D eigenvalue weighted by Gasteiger charge is 2.06. The van der Waals surface area contributed by atoms with E-state index in [4.69, 9.17) is 0 Å². The van der Waals surface area contributed by atoms with Gasteiger partial charge >= 0.3 is 0 Å². The Morgan fingerprint density at radius 2 is 1.92 bits per heavy atom. The van der Waals surface area contributed by atoms with Crippen LogP contribution in [0.15, 0.2) is 30.3 Å². The predicted molar refractivity (Wildman–Crippen MR) is 54.7 cm³/mol. The highest BCUT2D eigenvalue weighted by atomic mass is 32.1. The van der Waals surface area contributed by atoms with Gasteiger partial charge in [-0.2, -0.15) is 8.75 Å². The Labute approximate surface area is 81.6 Å². The van der Waals surface area contributed by atoms with Crippen LogP contribution in [0, 0.1) is 0 Å². The summed E-state index contributed by atoms with van der Waals surface area (Å²) in [6.07, 6.45) is 0.945. The Morgan fingerprint density at radius 3 is 2.62 bits per heavy atom. The fraction of sp³-hybridized carbons (Fsp3) is 0.200. The quantitative estimate of drug-likeness (QED) is 0.727. The van der Waals surface area contributed by atoms with Gasteiger partial charge in [-0.25, -0.2) is 0 Å². The van der Waals surface area contributed by atoms with E-state index >= 15 is 0 Å². The van der Waals surface area contributed by atoms with E-state index in [-0.39, 0.29) is 0 Å². The van der Waals surface area contributed by atoms with Crippen LogP contribution < -0.4 is 0 Å². The zero-order valence-electron chi connectivity index (χ0n) is 7.40. The Kier molecular flexibility index (Phi) is 2.36. The van der Waals surface area contributed by atoms with Crippen LogP contribution in [0.25, 0.3) is 11.3 Å². The smallest absolute Gasteiger partial charge is 0.107 e. The molecule has 0 spiro atoms. The number of rotatable bonds is 2. The monoisotopic (exact) mass is 190 g/mol. The lowest BCUT2D eigenvalue weighted by molar-refractivity contribution is 1.08. The van der Waals surface area contributed by atoms with Crippen LogP contribution in [0.5, 0.6) is 0 Å². The standard InChI is InChI=1S/C10H10N2S/c1-2-9-10(12-13-11-9)8-6-4-3-5-7-8/h3-7H,2H2,1H3. The van der Waals surface area contributed by atoms with Crippen molar-refractivity contribution < 1.29 is 0 Å². The van der Waals surface area contributed by atoms with Crippen molar-refractivity contribution in [1.82, 2.24) is 8.75 Å². The number of nitrogens with zero attached hydrogens (tertiary/aromatic N) is 2. The van der Waals surface area contributed by atoms with Gasteiger partial charge < -0.3 is 0 Å². The van der Waals surface area contributed by atoms with E-state index in [1.165, 1.54) is 11.7 Å². The van der Waals surface area contributed by atoms with Gasteiger partial charge in [0, 0.05) is 5.56 Å². The van der Waals surface area contributed by atoms with Crippen molar-refractivity contribution in [3.8, 4) is 11.3 Å². The van der Waals surface area contributed by atoms with Crippen molar-refractivity contribution in [2.75, 3.05) is 0 Å². The zero-order valence-corrected chi connectivity index (χ0v) is 8.21. The number of aryl methyl sites for hydroxylation is 1. The van der Waals surface area contributed by atoms with Crippen molar-refractivity contribution in [2.24, 2.45) is 0 Å². The van der Waals surface area contributed by atoms with Crippen molar-refractivity contribution in [1.29, 1.82) is 0 Å². The average Bonchev–Trinajstić information content (AvgIpc) is 2.67. The number of aromatic nitrogens is 2. The molecule has 0 bridgehead atoms. The molecule has 0 atom stereocenters. The van der Waals surface area contributed by atoms with Crippen LogP contribution in [0.1, 0.15) is 12.6 Å². The number of hydrogen-bond acceptors (Lipinski definition) is 3. The highest BCUT2D eigenvalue weighted by molar-refractivity contribution is 6.99. The topological polar surface area (TPSA) is 25.8 Å². The first-order valence-corrected chi connectivity index (χ1v) is 5.01. The summed E-state index contributed by atoms with van der Waals surface area (Å²) < 4.78 is 8.53. The Morgan fingerprint density at radius 1 is 1.15 bits per heavy atom. The van der Waals surface area contributed by atoms with E-state index in [0.29, 0.717) is 0 Å². The van der Waals surface area contributed by atoms with Gasteiger partial charge in [0.2, 0.25) is 0 Å². The van der Waals surface area contributed by atoms with E-state index in [9.17, 15) is 0 Å². The first-order chi connectivity index (χ1) is 6.42. The minimum absolute atomic E-state index is 0.945. The molecule has 1 aromatic carbocycles. The summed E-state index contributed by atoms with van der Waals surface area (Å²) in [4.78, 5) is 0. The van der Waals surface area contributed by atoms with Crippen LogP contribution in [-0.2, 0) is 6.42 Å². The molecular formula is C10H10N2S. The molecule has 1 heterocycles. The third kappa shape index (κ3) is 1.60. The van der Waals surface area contributed by atoms with Gasteiger partial charge in [0.15, 0.2) is 0 Å². The van der Waals surface area contributed by atoms with Gasteiger partial charge in [-0.15, -0.1) is 0 Å². The minimum atomic E-state index is 0.945. The summed E-state index contributed by atoms with van der Waals surface area (Å²) in [6.45, 7) is 2.10. The van der Waals surface area contributed by atoms with Crippen molar-refractivity contribution in [3.63, 3.8) is 0 Å². The molecule has 0 saturated heterocycles. The molecule has 0 amide bonds. The van der Waals surface area contributed by atoms with Gasteiger partial charge in [-0.3, -0.25) is 0 Å². The summed E-state index contributed by atoms with van der Waals surface area (Å²) in [6, 6.07) is 10.2. The summed E-state index contributed by atoms with van der Waals surface area (Å²) in [5.41, 5.74) is 3.29. The molecule has 1 aromatic heterocycles. The lowest BCUT2D eigenvalue weighted by Crippen LogP contribution is -1.84. The van der Waals surface area contributed by atoms with Gasteiger partial charge in [-0.05, 0) is 6.42 Å². The number of benzene rings is 1. The molecule has 0 N–H and O–H groups in total. The molecular weight excluding hydrogens is 180 g/mol. The van der Waals surface area contributed by atoms with Crippen molar-refractivity contribution in [3.05, 3.63) is 36.0 Å². The Bertz CT molecular complexity index is 381. The van der Waals surface area contributed by atoms with E-state index in [1.807, 2.05) is 18.2 Å². The lowest BCUT2D eigenvalue weighted by atomic mass is 10.1. The highest BCUT2D eigenvalue weighted by Crippen LogP contribution is 2.21. The molecule has 2 rings (SSSR count). The summed E-state index contributed by atoms with van der Waals surface area (Å²) in [5, 5.41) is 0. The molecule has 2 nitrogen and oxygen atoms in total. The van der Waals surface area contributed by atoms with Crippen LogP contribution in [0.3, 0.4) is 0 Å². The van der Waals surface area contributed by atoms with Gasteiger partial charge in [0.05, 0.1) is 17.4 Å². The third-order valence-electron chi connectivity index (χ3n) is 1.94. The van der Waals surface area contributed by atoms with Crippen LogP contribution in [0.4, 0.5) is 0 Å². The lowest BCUT2D eigenvalue weighted by Gasteiger charge is -1.96. The molecule has 3 heteroatoms. The molecule has 0 radical (unpaired) electrons. The molecule has 0 aliphatic heterocycles. The van der Waals surface area contributed by atoms with Crippen molar-refractivity contribution in [2.45, 2.75) is 13.3 Å². The zero-order chi connectivity index (χ0) is 9.10. The van der Waals surface area contributed by atoms with E-state index in [0.717, 1.165) is 23.4 Å². The maximum Gasteiger partial charge on any atom is 0.107 e. The first kappa shape index (κ1) is 8.38. The maximum absolute atomic E-state index is 4.29. The second kappa shape index (κ2) is 3.66. The second-order valence-electron chi connectivity index (χ2n) is 2.78. The summed E-state index contributed by atoms with van der Waals surface area (Å²) >= 11 is 1.29. The fourth-order valence-corrected chi connectivity index (χ4v) is 1.90. The SMILES string of the molecule is CCc1nsnc1-c1ccccc1. The molecule has 0 fully saturated rings. The molecule has 66 valence electrons. The summed E-state index contributed by atoms with van der Waals surface area (Å²) in [5.74, 6) is 0. The molecule has 0 aliphatic rings. The van der Waals surface area contributed by atoms with Crippen LogP contribution >= 0.6 is 11.7 Å². The third-order valence-corrected chi connectivity index (χ3v) is 2.50. The van der Waals surface area contributed by atoms with E-state index in [2.05, 4.69) is 27.8 Å². The molecule has 0 saturated carbocycles. The average molecular weight is 190 g/mol. The minimum Gasteiger partial charge on any atom is -0.177 e. The fourth-order valence-electron chi connectivity index (χ4n) is 1.25. The molecule has 0 aliphatic carbocycles. The van der Waals surface area contributed by atoms with Gasteiger partial charge in [-0.1, -0.05) is 37.3 Å². The Hall–Kier alpha value is -1.22. The van der Waals surface area contributed by atoms with Crippen molar-refractivity contribution >= 4 is 11.7 Å². The van der Waals surface area contributed by atoms with Gasteiger partial charge in [0.25, 0.3) is 0 Å². The maximum atomic E-state index is 4.29. The first-order valence-electron chi connectivity index (χ1n) is 4.28. The summed E-state index contributed by atoms with van der Waals surface area (Å²) in [7, 11) is 0. The predicted octanol–water partition coefficient (Wildman–Crippen LogP) is 2.77. The number of hydrogen-bond donors (Lipinski definition) is 0. The molecule has 0 unspecified atom stereocenters. The van der Waals surface area contributed by atoms with E-state index in [1.54, 1.807) is 0 Å². The normalized spacial score (nSPS) is 10.2. The van der Waals surface area contributed by atoms with Crippen LogP contribution in [-0.4, -0.2) is 8.75 Å². The van der Waals surface area contributed by atoms with Gasteiger partial charge in [0.1, 0.15) is 5.69 Å². The second-order valence-corrected chi connectivity index (χ2v) is 3.31. The largest absolute Gasteiger partial charge is 0.177 e. The molecule has 13 heavy (non-hydrogen) atoms. The van der Waals surface area contributed by atoms with Crippen LogP contribution in [0.2, 0.25) is 0 Å². The van der Waals surface area contributed by atoms with E-state index < -0.39 is 0 Å². The Balaban J connectivity index is 2.47. The molecule has 2 aromatic rings.